The molecule has 6 heteroatoms. The number of halogens is 1. The van der Waals surface area contributed by atoms with Gasteiger partial charge in [-0.3, -0.25) is 0 Å². The van der Waals surface area contributed by atoms with E-state index in [0.717, 1.165) is 18.4 Å². The number of nitrogens with one attached hydrogen (secondary N) is 1. The molecule has 0 spiro atoms. The molecular formula is C21H24ClNO4. The lowest BCUT2D eigenvalue weighted by Gasteiger charge is -2.16. The fourth-order valence-electron chi connectivity index (χ4n) is 3.28. The molecule has 3 rings (SSSR count). The van der Waals surface area contributed by atoms with E-state index in [1.807, 2.05) is 30.3 Å². The minimum Gasteiger partial charge on any atom is -0.482 e. The van der Waals surface area contributed by atoms with Gasteiger partial charge in [0, 0.05) is 17.6 Å². The minimum atomic E-state index is -0.601. The van der Waals surface area contributed by atoms with Crippen molar-refractivity contribution in [3.63, 3.8) is 0 Å². The van der Waals surface area contributed by atoms with E-state index in [9.17, 15) is 9.90 Å². The molecule has 2 atom stereocenters. The molecule has 0 radical (unpaired) electrons. The Labute approximate surface area is 164 Å². The van der Waals surface area contributed by atoms with E-state index >= 15 is 0 Å². The van der Waals surface area contributed by atoms with E-state index in [4.69, 9.17) is 21.1 Å². The Morgan fingerprint density at radius 1 is 1.26 bits per heavy atom. The molecule has 0 aromatic heterocycles. The SMILES string of the molecule is CCOC(=O)COc1ccc2c(c1)C[C@@H](NC[C@H](O)c1cccc(Cl)c1)C2. The largest absolute Gasteiger partial charge is 0.482 e. The zero-order valence-corrected chi connectivity index (χ0v) is 16.0. The minimum absolute atomic E-state index is 0.0832. The number of ether oxygens (including phenoxy) is 2. The highest BCUT2D eigenvalue weighted by atomic mass is 35.5. The summed E-state index contributed by atoms with van der Waals surface area (Å²) in [5.74, 6) is 0.300. The van der Waals surface area contributed by atoms with Crippen LogP contribution in [0.1, 0.15) is 29.7 Å². The first kappa shape index (κ1) is 19.7. The normalized spacial score (nSPS) is 16.6. The van der Waals surface area contributed by atoms with Gasteiger partial charge in [0.15, 0.2) is 6.61 Å². The van der Waals surface area contributed by atoms with Crippen LogP contribution in [0.4, 0.5) is 0 Å². The van der Waals surface area contributed by atoms with Crippen LogP contribution in [0.5, 0.6) is 5.75 Å². The fraction of sp³-hybridized carbons (Fsp3) is 0.381. The first-order valence-electron chi connectivity index (χ1n) is 9.12. The highest BCUT2D eigenvalue weighted by molar-refractivity contribution is 6.30. The molecule has 2 N–H and O–H groups in total. The molecule has 0 unspecified atom stereocenters. The summed E-state index contributed by atoms with van der Waals surface area (Å²) in [4.78, 5) is 11.4. The van der Waals surface area contributed by atoms with Gasteiger partial charge < -0.3 is 19.9 Å². The number of aliphatic hydroxyl groups excluding tert-OH is 1. The average Bonchev–Trinajstić information content (AvgIpc) is 3.07. The Kier molecular flexibility index (Phi) is 6.72. The van der Waals surface area contributed by atoms with Crippen LogP contribution in [0, 0.1) is 0 Å². The maximum atomic E-state index is 11.4. The highest BCUT2D eigenvalue weighted by Crippen LogP contribution is 2.27. The second-order valence-corrected chi connectivity index (χ2v) is 7.04. The summed E-state index contributed by atoms with van der Waals surface area (Å²) in [6.45, 7) is 2.50. The second-order valence-electron chi connectivity index (χ2n) is 6.61. The molecule has 2 aromatic carbocycles. The molecule has 0 fully saturated rings. The number of esters is 1. The summed E-state index contributed by atoms with van der Waals surface area (Å²) in [6, 6.07) is 13.4. The Balaban J connectivity index is 1.51. The van der Waals surface area contributed by atoms with Crippen molar-refractivity contribution in [2.45, 2.75) is 31.9 Å². The zero-order valence-electron chi connectivity index (χ0n) is 15.3. The molecule has 0 amide bonds. The molecule has 1 aliphatic rings. The zero-order chi connectivity index (χ0) is 19.2. The molecule has 1 aliphatic carbocycles. The summed E-state index contributed by atoms with van der Waals surface area (Å²) in [5.41, 5.74) is 3.26. The van der Waals surface area contributed by atoms with Crippen LogP contribution in [0.25, 0.3) is 0 Å². The van der Waals surface area contributed by atoms with Crippen molar-refractivity contribution in [1.29, 1.82) is 0 Å². The number of carbonyl (C=O) groups excluding carboxylic acids is 1. The van der Waals surface area contributed by atoms with E-state index in [1.165, 1.54) is 11.1 Å². The number of hydrogen-bond acceptors (Lipinski definition) is 5. The van der Waals surface area contributed by atoms with Crippen LogP contribution < -0.4 is 10.1 Å². The van der Waals surface area contributed by atoms with Crippen LogP contribution >= 0.6 is 11.6 Å². The molecule has 0 aliphatic heterocycles. The van der Waals surface area contributed by atoms with E-state index in [1.54, 1.807) is 19.1 Å². The monoisotopic (exact) mass is 389 g/mol. The maximum Gasteiger partial charge on any atom is 0.344 e. The van der Waals surface area contributed by atoms with Crippen molar-refractivity contribution in [1.82, 2.24) is 5.32 Å². The lowest BCUT2D eigenvalue weighted by atomic mass is 10.1. The number of hydrogen-bond donors (Lipinski definition) is 2. The topological polar surface area (TPSA) is 67.8 Å². The third-order valence-corrected chi connectivity index (χ3v) is 4.84. The first-order chi connectivity index (χ1) is 13.0. The summed E-state index contributed by atoms with van der Waals surface area (Å²) in [6.07, 6.45) is 1.15. The van der Waals surface area contributed by atoms with Gasteiger partial charge in [-0.1, -0.05) is 29.8 Å². The van der Waals surface area contributed by atoms with Gasteiger partial charge in [-0.25, -0.2) is 4.79 Å². The van der Waals surface area contributed by atoms with E-state index < -0.39 is 6.10 Å². The van der Waals surface area contributed by atoms with Gasteiger partial charge in [-0.15, -0.1) is 0 Å². The van der Waals surface area contributed by atoms with Crippen molar-refractivity contribution in [3.8, 4) is 5.75 Å². The van der Waals surface area contributed by atoms with Crippen LogP contribution in [0.2, 0.25) is 5.02 Å². The van der Waals surface area contributed by atoms with Crippen molar-refractivity contribution in [2.75, 3.05) is 19.8 Å². The quantitative estimate of drug-likeness (QED) is 0.679. The molecule has 0 bridgehead atoms. The predicted molar refractivity (Wildman–Crippen MR) is 104 cm³/mol. The van der Waals surface area contributed by atoms with Crippen molar-refractivity contribution < 1.29 is 19.4 Å². The number of fused-ring (bicyclic) bond motifs is 1. The third-order valence-electron chi connectivity index (χ3n) is 4.61. The molecule has 27 heavy (non-hydrogen) atoms. The molecule has 144 valence electrons. The van der Waals surface area contributed by atoms with Gasteiger partial charge in [0.25, 0.3) is 0 Å². The van der Waals surface area contributed by atoms with Crippen LogP contribution in [0.15, 0.2) is 42.5 Å². The smallest absolute Gasteiger partial charge is 0.344 e. The van der Waals surface area contributed by atoms with Gasteiger partial charge in [-0.05, 0) is 60.7 Å². The summed E-state index contributed by atoms with van der Waals surface area (Å²) in [5, 5.41) is 14.4. The van der Waals surface area contributed by atoms with Gasteiger partial charge in [-0.2, -0.15) is 0 Å². The highest BCUT2D eigenvalue weighted by Gasteiger charge is 2.22. The number of benzene rings is 2. The molecule has 0 heterocycles. The third kappa shape index (κ3) is 5.45. The Hall–Kier alpha value is -2.08. The molecule has 0 saturated carbocycles. The van der Waals surface area contributed by atoms with E-state index in [0.29, 0.717) is 23.9 Å². The first-order valence-corrected chi connectivity index (χ1v) is 9.50. The van der Waals surface area contributed by atoms with Crippen LogP contribution in [-0.4, -0.2) is 36.9 Å². The fourth-order valence-corrected chi connectivity index (χ4v) is 3.48. The standard InChI is InChI=1S/C21H24ClNO4/c1-2-26-21(25)13-27-19-7-6-14-9-18(10-16(14)11-19)23-12-20(24)15-4-3-5-17(22)8-15/h3-8,11,18,20,23-24H,2,9-10,12-13H2,1H3/t18-,20-/m0/s1. The van der Waals surface area contributed by atoms with Crippen molar-refractivity contribution >= 4 is 17.6 Å². The Bertz CT molecular complexity index is 796. The van der Waals surface area contributed by atoms with Gasteiger partial charge in [0.05, 0.1) is 12.7 Å². The Morgan fingerprint density at radius 3 is 2.85 bits per heavy atom. The lowest BCUT2D eigenvalue weighted by Crippen LogP contribution is -2.33. The average molecular weight is 390 g/mol. The van der Waals surface area contributed by atoms with Gasteiger partial charge in [0.2, 0.25) is 0 Å². The summed E-state index contributed by atoms with van der Waals surface area (Å²) < 4.78 is 10.4. The number of carbonyl (C=O) groups is 1. The molecule has 0 saturated heterocycles. The molecule has 5 nitrogen and oxygen atoms in total. The maximum absolute atomic E-state index is 11.4. The summed E-state index contributed by atoms with van der Waals surface area (Å²) >= 11 is 5.98. The van der Waals surface area contributed by atoms with Crippen LogP contribution in [-0.2, 0) is 22.4 Å². The number of aliphatic hydroxyl groups is 1. The van der Waals surface area contributed by atoms with Gasteiger partial charge >= 0.3 is 5.97 Å². The van der Waals surface area contributed by atoms with Crippen molar-refractivity contribution in [2.24, 2.45) is 0 Å². The predicted octanol–water partition coefficient (Wildman–Crippen LogP) is 3.07. The molecule has 2 aromatic rings. The van der Waals surface area contributed by atoms with Gasteiger partial charge in [0.1, 0.15) is 5.75 Å². The summed E-state index contributed by atoms with van der Waals surface area (Å²) in [7, 11) is 0. The van der Waals surface area contributed by atoms with Crippen molar-refractivity contribution in [3.05, 3.63) is 64.2 Å². The second kappa shape index (κ2) is 9.22. The Morgan fingerprint density at radius 2 is 2.07 bits per heavy atom. The van der Waals surface area contributed by atoms with E-state index in [2.05, 4.69) is 5.32 Å². The van der Waals surface area contributed by atoms with E-state index in [-0.39, 0.29) is 18.6 Å². The molecular weight excluding hydrogens is 366 g/mol. The lowest BCUT2D eigenvalue weighted by molar-refractivity contribution is -0.145. The van der Waals surface area contributed by atoms with Crippen LogP contribution in [0.3, 0.4) is 0 Å². The number of rotatable bonds is 8.